The van der Waals surface area contributed by atoms with Crippen LogP contribution < -0.4 is 5.56 Å². The molecule has 1 heterocycles. The first-order valence-electron chi connectivity index (χ1n) is 4.67. The first kappa shape index (κ1) is 11.5. The number of hydrogen-bond acceptors (Lipinski definition) is 3. The van der Waals surface area contributed by atoms with Gasteiger partial charge in [-0.1, -0.05) is 0 Å². The smallest absolute Gasteiger partial charge is 0.337 e. The SMILES string of the molecule is CCOCCc1cc(C(=O)O)c[nH]c1=O. The Morgan fingerprint density at radius 2 is 2.33 bits per heavy atom. The van der Waals surface area contributed by atoms with Crippen LogP contribution in [0.5, 0.6) is 0 Å². The van der Waals surface area contributed by atoms with Crippen molar-refractivity contribution in [2.75, 3.05) is 13.2 Å². The molecule has 0 aliphatic rings. The molecule has 0 atom stereocenters. The Morgan fingerprint density at radius 1 is 1.60 bits per heavy atom. The maximum absolute atomic E-state index is 11.3. The van der Waals surface area contributed by atoms with Crippen LogP contribution in [0.2, 0.25) is 0 Å². The van der Waals surface area contributed by atoms with Crippen molar-refractivity contribution in [2.45, 2.75) is 13.3 Å². The van der Waals surface area contributed by atoms with Gasteiger partial charge < -0.3 is 14.8 Å². The molecule has 0 saturated carbocycles. The average Bonchev–Trinajstić information content (AvgIpc) is 2.20. The van der Waals surface area contributed by atoms with Crippen LogP contribution in [-0.4, -0.2) is 29.3 Å². The molecular formula is C10H13NO4. The molecule has 15 heavy (non-hydrogen) atoms. The quantitative estimate of drug-likeness (QED) is 0.701. The lowest BCUT2D eigenvalue weighted by molar-refractivity contribution is 0.0696. The van der Waals surface area contributed by atoms with Gasteiger partial charge in [0.05, 0.1) is 12.2 Å². The fourth-order valence-corrected chi connectivity index (χ4v) is 1.17. The first-order chi connectivity index (χ1) is 7.15. The number of nitrogens with one attached hydrogen (secondary N) is 1. The molecule has 0 radical (unpaired) electrons. The molecule has 2 N–H and O–H groups in total. The fourth-order valence-electron chi connectivity index (χ4n) is 1.17. The highest BCUT2D eigenvalue weighted by Crippen LogP contribution is 1.99. The Balaban J connectivity index is 2.81. The standard InChI is InChI=1S/C10H13NO4/c1-2-15-4-3-7-5-8(10(13)14)6-11-9(7)12/h5-6H,2-4H2,1H3,(H,11,12)(H,13,14). The lowest BCUT2D eigenvalue weighted by Crippen LogP contribution is -2.16. The van der Waals surface area contributed by atoms with Crippen molar-refractivity contribution in [3.8, 4) is 0 Å². The Kier molecular flexibility index (Phi) is 4.05. The molecule has 1 rings (SSSR count). The summed E-state index contributed by atoms with van der Waals surface area (Å²) in [5, 5.41) is 8.72. The number of pyridine rings is 1. The van der Waals surface area contributed by atoms with Crippen molar-refractivity contribution in [2.24, 2.45) is 0 Å². The number of carboxylic acids is 1. The van der Waals surface area contributed by atoms with Gasteiger partial charge in [0.2, 0.25) is 0 Å². The van der Waals surface area contributed by atoms with E-state index in [4.69, 9.17) is 9.84 Å². The summed E-state index contributed by atoms with van der Waals surface area (Å²) in [6.45, 7) is 2.86. The zero-order chi connectivity index (χ0) is 11.3. The number of H-pyrrole nitrogens is 1. The average molecular weight is 211 g/mol. The molecule has 0 aromatic carbocycles. The van der Waals surface area contributed by atoms with Crippen molar-refractivity contribution in [1.29, 1.82) is 0 Å². The van der Waals surface area contributed by atoms with Crippen LogP contribution in [0.4, 0.5) is 0 Å². The molecule has 82 valence electrons. The van der Waals surface area contributed by atoms with E-state index < -0.39 is 5.97 Å². The highest BCUT2D eigenvalue weighted by atomic mass is 16.5. The Hall–Kier alpha value is -1.62. The number of aromatic amines is 1. The normalized spacial score (nSPS) is 10.2. The zero-order valence-corrected chi connectivity index (χ0v) is 8.45. The summed E-state index contributed by atoms with van der Waals surface area (Å²) in [4.78, 5) is 24.3. The van der Waals surface area contributed by atoms with Crippen molar-refractivity contribution < 1.29 is 14.6 Å². The van der Waals surface area contributed by atoms with Gasteiger partial charge >= 0.3 is 5.97 Å². The third-order valence-electron chi connectivity index (χ3n) is 1.95. The summed E-state index contributed by atoms with van der Waals surface area (Å²) in [5.74, 6) is -1.05. The van der Waals surface area contributed by atoms with Gasteiger partial charge in [-0.2, -0.15) is 0 Å². The predicted octanol–water partition coefficient (Wildman–Crippen LogP) is 0.652. The number of hydrogen-bond donors (Lipinski definition) is 2. The summed E-state index contributed by atoms with van der Waals surface area (Å²) >= 11 is 0. The number of carbonyl (C=O) groups is 1. The topological polar surface area (TPSA) is 79.4 Å². The van der Waals surface area contributed by atoms with Gasteiger partial charge in [0.25, 0.3) is 5.56 Å². The molecule has 0 spiro atoms. The summed E-state index contributed by atoms with van der Waals surface area (Å²) in [6.07, 6.45) is 1.61. The minimum atomic E-state index is -1.05. The molecule has 5 nitrogen and oxygen atoms in total. The van der Waals surface area contributed by atoms with E-state index in [1.54, 1.807) is 0 Å². The van der Waals surface area contributed by atoms with Crippen LogP contribution in [-0.2, 0) is 11.2 Å². The lowest BCUT2D eigenvalue weighted by atomic mass is 10.1. The van der Waals surface area contributed by atoms with Crippen molar-refractivity contribution in [3.63, 3.8) is 0 Å². The van der Waals surface area contributed by atoms with E-state index in [-0.39, 0.29) is 11.1 Å². The molecule has 0 saturated heterocycles. The third-order valence-corrected chi connectivity index (χ3v) is 1.95. The molecule has 0 amide bonds. The third kappa shape index (κ3) is 3.21. The van der Waals surface area contributed by atoms with Crippen molar-refractivity contribution in [3.05, 3.63) is 33.7 Å². The van der Waals surface area contributed by atoms with Crippen LogP contribution in [0, 0.1) is 0 Å². The van der Waals surface area contributed by atoms with Crippen LogP contribution in [0.15, 0.2) is 17.1 Å². The highest BCUT2D eigenvalue weighted by molar-refractivity contribution is 5.87. The zero-order valence-electron chi connectivity index (χ0n) is 8.45. The maximum atomic E-state index is 11.3. The van der Waals surface area contributed by atoms with E-state index in [2.05, 4.69) is 4.98 Å². The number of rotatable bonds is 5. The van der Waals surface area contributed by atoms with Crippen molar-refractivity contribution in [1.82, 2.24) is 4.98 Å². The summed E-state index contributed by atoms with van der Waals surface area (Å²) in [6, 6.07) is 1.38. The number of aromatic nitrogens is 1. The summed E-state index contributed by atoms with van der Waals surface area (Å²) in [7, 11) is 0. The molecule has 0 fully saturated rings. The number of carboxylic acid groups (broad SMARTS) is 1. The van der Waals surface area contributed by atoms with Crippen LogP contribution in [0.3, 0.4) is 0 Å². The molecule has 5 heteroatoms. The second kappa shape index (κ2) is 5.31. The van der Waals surface area contributed by atoms with Crippen LogP contribution >= 0.6 is 0 Å². The predicted molar refractivity (Wildman–Crippen MR) is 54.2 cm³/mol. The number of aromatic carboxylic acids is 1. The van der Waals surface area contributed by atoms with Gasteiger partial charge in [-0.15, -0.1) is 0 Å². The second-order valence-electron chi connectivity index (χ2n) is 2.99. The molecule has 0 unspecified atom stereocenters. The van der Waals surface area contributed by atoms with Crippen LogP contribution in [0.25, 0.3) is 0 Å². The monoisotopic (exact) mass is 211 g/mol. The van der Waals surface area contributed by atoms with Gasteiger partial charge in [0, 0.05) is 24.8 Å². The molecule has 1 aromatic rings. The van der Waals surface area contributed by atoms with Crippen molar-refractivity contribution >= 4 is 5.97 Å². The molecule has 0 aliphatic heterocycles. The van der Waals surface area contributed by atoms with E-state index in [0.717, 1.165) is 0 Å². The summed E-state index contributed by atoms with van der Waals surface area (Å²) < 4.78 is 5.09. The van der Waals surface area contributed by atoms with E-state index in [1.165, 1.54) is 12.3 Å². The minimum absolute atomic E-state index is 0.0844. The van der Waals surface area contributed by atoms with Gasteiger partial charge in [0.1, 0.15) is 0 Å². The van der Waals surface area contributed by atoms with E-state index in [0.29, 0.717) is 25.2 Å². The van der Waals surface area contributed by atoms with Gasteiger partial charge in [-0.25, -0.2) is 4.79 Å². The molecule has 0 bridgehead atoms. The fraction of sp³-hybridized carbons (Fsp3) is 0.400. The largest absolute Gasteiger partial charge is 0.478 e. The van der Waals surface area contributed by atoms with Gasteiger partial charge in [0.15, 0.2) is 0 Å². The maximum Gasteiger partial charge on any atom is 0.337 e. The van der Waals surface area contributed by atoms with Gasteiger partial charge in [-0.3, -0.25) is 4.79 Å². The molecule has 0 aliphatic carbocycles. The van der Waals surface area contributed by atoms with E-state index in [9.17, 15) is 9.59 Å². The molecular weight excluding hydrogens is 198 g/mol. The van der Waals surface area contributed by atoms with Gasteiger partial charge in [-0.05, 0) is 13.0 Å². The molecule has 1 aromatic heterocycles. The first-order valence-corrected chi connectivity index (χ1v) is 4.67. The Bertz CT molecular complexity index is 397. The minimum Gasteiger partial charge on any atom is -0.478 e. The van der Waals surface area contributed by atoms with E-state index >= 15 is 0 Å². The second-order valence-corrected chi connectivity index (χ2v) is 2.99. The van der Waals surface area contributed by atoms with Crippen LogP contribution in [0.1, 0.15) is 22.8 Å². The summed E-state index contributed by atoms with van der Waals surface area (Å²) in [5.41, 5.74) is 0.254. The highest BCUT2D eigenvalue weighted by Gasteiger charge is 2.06. The lowest BCUT2D eigenvalue weighted by Gasteiger charge is -2.01. The van der Waals surface area contributed by atoms with E-state index in [1.807, 2.05) is 6.92 Å². The number of ether oxygens (including phenoxy) is 1. The Labute approximate surface area is 86.7 Å². The Morgan fingerprint density at radius 3 is 2.93 bits per heavy atom.